The minimum atomic E-state index is -0.771. The molecule has 9 heteroatoms. The standard InChI is InChI=1S/C16H11N3O6/c1-25-15-8-10(7-14(16(15)20)19(23)24)6-12(9-17)11-2-4-13(5-3-11)18(21)22/h2-8,20H,1H3/b12-6+. The lowest BCUT2D eigenvalue weighted by Gasteiger charge is -2.06. The highest BCUT2D eigenvalue weighted by molar-refractivity contribution is 5.90. The van der Waals surface area contributed by atoms with Crippen LogP contribution in [0.4, 0.5) is 11.4 Å². The van der Waals surface area contributed by atoms with Gasteiger partial charge in [-0.2, -0.15) is 5.26 Å². The first-order valence-corrected chi connectivity index (χ1v) is 6.79. The quantitative estimate of drug-likeness (QED) is 0.381. The third-order valence-corrected chi connectivity index (χ3v) is 3.31. The summed E-state index contributed by atoms with van der Waals surface area (Å²) in [5.74, 6) is -0.722. The van der Waals surface area contributed by atoms with Crippen molar-refractivity contribution in [1.82, 2.24) is 0 Å². The predicted octanol–water partition coefficient (Wildman–Crippen LogP) is 3.28. The van der Waals surface area contributed by atoms with Crippen molar-refractivity contribution in [3.8, 4) is 17.6 Å². The fourth-order valence-corrected chi connectivity index (χ4v) is 2.10. The molecule has 0 amide bonds. The van der Waals surface area contributed by atoms with E-state index in [1.165, 1.54) is 43.5 Å². The highest BCUT2D eigenvalue weighted by atomic mass is 16.6. The minimum absolute atomic E-state index is 0.110. The highest BCUT2D eigenvalue weighted by Gasteiger charge is 2.19. The van der Waals surface area contributed by atoms with Gasteiger partial charge in [-0.15, -0.1) is 0 Å². The molecule has 0 aliphatic carbocycles. The zero-order valence-corrected chi connectivity index (χ0v) is 12.9. The summed E-state index contributed by atoms with van der Waals surface area (Å²) < 4.78 is 4.90. The number of nitriles is 1. The Labute approximate surface area is 141 Å². The van der Waals surface area contributed by atoms with E-state index in [0.29, 0.717) is 5.56 Å². The Hall–Kier alpha value is -3.93. The summed E-state index contributed by atoms with van der Waals surface area (Å²) in [6, 6.07) is 9.68. The van der Waals surface area contributed by atoms with E-state index in [1.807, 2.05) is 6.07 Å². The van der Waals surface area contributed by atoms with Gasteiger partial charge in [-0.3, -0.25) is 20.2 Å². The molecule has 0 saturated heterocycles. The van der Waals surface area contributed by atoms with E-state index >= 15 is 0 Å². The first-order chi connectivity index (χ1) is 11.9. The van der Waals surface area contributed by atoms with Crippen LogP contribution in [-0.2, 0) is 0 Å². The Morgan fingerprint density at radius 1 is 1.20 bits per heavy atom. The molecule has 0 bridgehead atoms. The molecular formula is C16H11N3O6. The molecule has 1 N–H and O–H groups in total. The molecule has 0 aliphatic rings. The molecule has 2 aromatic carbocycles. The van der Waals surface area contributed by atoms with Crippen LogP contribution in [0.5, 0.6) is 11.5 Å². The van der Waals surface area contributed by atoms with Crippen molar-refractivity contribution in [2.75, 3.05) is 7.11 Å². The molecule has 0 aromatic heterocycles. The van der Waals surface area contributed by atoms with Crippen LogP contribution >= 0.6 is 0 Å². The summed E-state index contributed by atoms with van der Waals surface area (Å²) in [5, 5.41) is 40.8. The van der Waals surface area contributed by atoms with Gasteiger partial charge in [0.1, 0.15) is 0 Å². The van der Waals surface area contributed by atoms with E-state index in [4.69, 9.17) is 4.74 Å². The number of nitro benzene ring substituents is 2. The maximum absolute atomic E-state index is 11.0. The average molecular weight is 341 g/mol. The molecule has 0 saturated carbocycles. The summed E-state index contributed by atoms with van der Waals surface area (Å²) in [4.78, 5) is 20.3. The number of ether oxygens (including phenoxy) is 1. The first-order valence-electron chi connectivity index (χ1n) is 6.79. The van der Waals surface area contributed by atoms with Gasteiger partial charge in [-0.25, -0.2) is 0 Å². The molecule has 9 nitrogen and oxygen atoms in total. The smallest absolute Gasteiger partial charge is 0.315 e. The Morgan fingerprint density at radius 2 is 1.84 bits per heavy atom. The van der Waals surface area contributed by atoms with E-state index < -0.39 is 21.3 Å². The fourth-order valence-electron chi connectivity index (χ4n) is 2.10. The number of benzene rings is 2. The van der Waals surface area contributed by atoms with E-state index in [1.54, 1.807) is 0 Å². The van der Waals surface area contributed by atoms with Gasteiger partial charge in [0.2, 0.25) is 5.75 Å². The van der Waals surface area contributed by atoms with Crippen LogP contribution in [0.3, 0.4) is 0 Å². The molecule has 126 valence electrons. The molecule has 0 fully saturated rings. The third kappa shape index (κ3) is 3.70. The summed E-state index contributed by atoms with van der Waals surface area (Å²) in [6.45, 7) is 0. The van der Waals surface area contributed by atoms with Crippen LogP contribution < -0.4 is 4.74 Å². The van der Waals surface area contributed by atoms with Crippen LogP contribution in [0.1, 0.15) is 11.1 Å². The maximum Gasteiger partial charge on any atom is 0.315 e. The normalized spacial score (nSPS) is 10.8. The monoisotopic (exact) mass is 341 g/mol. The van der Waals surface area contributed by atoms with E-state index in [2.05, 4.69) is 0 Å². The second-order valence-corrected chi connectivity index (χ2v) is 4.82. The van der Waals surface area contributed by atoms with Crippen molar-refractivity contribution in [2.45, 2.75) is 0 Å². The Morgan fingerprint density at radius 3 is 2.32 bits per heavy atom. The maximum atomic E-state index is 11.0. The number of allylic oxidation sites excluding steroid dienone is 1. The SMILES string of the molecule is COc1cc(/C=C(\C#N)c2ccc([N+](=O)[O-])cc2)cc([N+](=O)[O-])c1O. The number of methoxy groups -OCH3 is 1. The minimum Gasteiger partial charge on any atom is -0.500 e. The summed E-state index contributed by atoms with van der Waals surface area (Å²) in [5.41, 5.74) is 0.116. The van der Waals surface area contributed by atoms with Crippen molar-refractivity contribution in [1.29, 1.82) is 5.26 Å². The summed E-state index contributed by atoms with van der Waals surface area (Å²) in [6.07, 6.45) is 1.36. The lowest BCUT2D eigenvalue weighted by Crippen LogP contribution is -1.93. The highest BCUT2D eigenvalue weighted by Crippen LogP contribution is 2.37. The predicted molar refractivity (Wildman–Crippen MR) is 87.9 cm³/mol. The van der Waals surface area contributed by atoms with Crippen molar-refractivity contribution in [2.24, 2.45) is 0 Å². The zero-order chi connectivity index (χ0) is 18.6. The lowest BCUT2D eigenvalue weighted by atomic mass is 10.0. The molecule has 0 unspecified atom stereocenters. The van der Waals surface area contributed by atoms with Crippen LogP contribution in [0.2, 0.25) is 0 Å². The van der Waals surface area contributed by atoms with Gasteiger partial charge in [-0.05, 0) is 35.4 Å². The molecule has 0 spiro atoms. The number of nitrogens with zero attached hydrogens (tertiary/aromatic N) is 3. The number of phenolic OH excluding ortho intramolecular Hbond substituents is 1. The van der Waals surface area contributed by atoms with Gasteiger partial charge in [0.15, 0.2) is 5.75 Å². The van der Waals surface area contributed by atoms with Gasteiger partial charge in [0, 0.05) is 18.2 Å². The molecule has 0 aliphatic heterocycles. The van der Waals surface area contributed by atoms with Crippen molar-refractivity contribution < 1.29 is 19.7 Å². The summed E-state index contributed by atoms with van der Waals surface area (Å²) >= 11 is 0. The Balaban J connectivity index is 2.52. The van der Waals surface area contributed by atoms with E-state index in [0.717, 1.165) is 6.07 Å². The average Bonchev–Trinajstić information content (AvgIpc) is 2.60. The molecule has 0 radical (unpaired) electrons. The molecule has 2 rings (SSSR count). The Kier molecular flexibility index (Phi) is 4.95. The van der Waals surface area contributed by atoms with Crippen molar-refractivity contribution >= 4 is 23.0 Å². The van der Waals surface area contributed by atoms with Crippen molar-refractivity contribution in [3.05, 3.63) is 67.8 Å². The second-order valence-electron chi connectivity index (χ2n) is 4.82. The van der Waals surface area contributed by atoms with Gasteiger partial charge >= 0.3 is 5.69 Å². The number of nitro groups is 2. The van der Waals surface area contributed by atoms with E-state index in [9.17, 15) is 30.6 Å². The molecule has 0 atom stereocenters. The lowest BCUT2D eigenvalue weighted by molar-refractivity contribution is -0.386. The summed E-state index contributed by atoms with van der Waals surface area (Å²) in [7, 11) is 1.24. The van der Waals surface area contributed by atoms with Crippen LogP contribution in [0.25, 0.3) is 11.6 Å². The fraction of sp³-hybridized carbons (Fsp3) is 0.0625. The van der Waals surface area contributed by atoms with Gasteiger partial charge in [0.25, 0.3) is 5.69 Å². The van der Waals surface area contributed by atoms with Gasteiger partial charge in [-0.1, -0.05) is 0 Å². The van der Waals surface area contributed by atoms with Crippen LogP contribution in [0, 0.1) is 31.6 Å². The van der Waals surface area contributed by atoms with Gasteiger partial charge in [0.05, 0.1) is 28.6 Å². The topological polar surface area (TPSA) is 140 Å². The van der Waals surface area contributed by atoms with Crippen LogP contribution in [0.15, 0.2) is 36.4 Å². The van der Waals surface area contributed by atoms with Crippen molar-refractivity contribution in [3.63, 3.8) is 0 Å². The third-order valence-electron chi connectivity index (χ3n) is 3.31. The molecule has 2 aromatic rings. The number of non-ortho nitro benzene ring substituents is 1. The second kappa shape index (κ2) is 7.10. The number of phenols is 1. The number of aromatic hydroxyl groups is 1. The zero-order valence-electron chi connectivity index (χ0n) is 12.9. The first kappa shape index (κ1) is 17.4. The number of rotatable bonds is 5. The number of hydrogen-bond acceptors (Lipinski definition) is 7. The number of hydrogen-bond donors (Lipinski definition) is 1. The largest absolute Gasteiger partial charge is 0.500 e. The molecule has 0 heterocycles. The van der Waals surface area contributed by atoms with E-state index in [-0.39, 0.29) is 22.6 Å². The molecule has 25 heavy (non-hydrogen) atoms. The molecular weight excluding hydrogens is 330 g/mol. The Bertz CT molecular complexity index is 913. The van der Waals surface area contributed by atoms with Crippen LogP contribution in [-0.4, -0.2) is 22.1 Å². The van der Waals surface area contributed by atoms with Gasteiger partial charge < -0.3 is 9.84 Å².